The van der Waals surface area contributed by atoms with Crippen LogP contribution in [0.25, 0.3) is 0 Å². The summed E-state index contributed by atoms with van der Waals surface area (Å²) in [6.07, 6.45) is -2.25. The monoisotopic (exact) mass is 548 g/mol. The molecule has 0 atom stereocenters. The number of nitro benzene ring substituents is 1. The van der Waals surface area contributed by atoms with Gasteiger partial charge in [-0.25, -0.2) is 0 Å². The zero-order valence-corrected chi connectivity index (χ0v) is 22.5. The molecule has 1 N–H and O–H groups in total. The molecule has 1 aliphatic carbocycles. The SMILES string of the molecule is Cc1cc(C)c(N2CCN(C(=O)CO[C@H]3CC[C@H](Nc4ccc([N+](=O)[O-])c(C(F)(F)F)c4)CC3)CC2)c(C)c1. The molecule has 1 saturated heterocycles. The molecule has 212 valence electrons. The number of nitrogens with one attached hydrogen (secondary N) is 1. The van der Waals surface area contributed by atoms with Gasteiger partial charge in [0, 0.05) is 49.7 Å². The average Bonchev–Trinajstić information content (AvgIpc) is 2.87. The van der Waals surface area contributed by atoms with E-state index in [4.69, 9.17) is 4.74 Å². The highest BCUT2D eigenvalue weighted by atomic mass is 19.4. The second-order valence-corrected chi connectivity index (χ2v) is 10.5. The predicted octanol–water partition coefficient (Wildman–Crippen LogP) is 5.63. The van der Waals surface area contributed by atoms with Crippen molar-refractivity contribution in [2.75, 3.05) is 43.0 Å². The van der Waals surface area contributed by atoms with Gasteiger partial charge < -0.3 is 19.9 Å². The third kappa shape index (κ3) is 7.00. The van der Waals surface area contributed by atoms with Crippen molar-refractivity contribution < 1.29 is 27.6 Å². The summed E-state index contributed by atoms with van der Waals surface area (Å²) >= 11 is 0. The number of piperazine rings is 1. The first kappa shape index (κ1) is 28.7. The highest BCUT2D eigenvalue weighted by Crippen LogP contribution is 2.38. The first-order valence-electron chi connectivity index (χ1n) is 13.3. The van der Waals surface area contributed by atoms with E-state index in [2.05, 4.69) is 43.1 Å². The van der Waals surface area contributed by atoms with Gasteiger partial charge in [-0.2, -0.15) is 13.2 Å². The van der Waals surface area contributed by atoms with Gasteiger partial charge in [-0.15, -0.1) is 0 Å². The molecule has 11 heteroatoms. The number of rotatable bonds is 7. The Kier molecular flexibility index (Phi) is 8.68. The Balaban J connectivity index is 1.22. The number of nitro groups is 1. The topological polar surface area (TPSA) is 88.0 Å². The highest BCUT2D eigenvalue weighted by molar-refractivity contribution is 5.78. The molecule has 0 aromatic heterocycles. The van der Waals surface area contributed by atoms with E-state index in [-0.39, 0.29) is 30.3 Å². The first-order chi connectivity index (χ1) is 18.4. The van der Waals surface area contributed by atoms with Crippen LogP contribution in [0.2, 0.25) is 0 Å². The lowest BCUT2D eigenvalue weighted by Gasteiger charge is -2.38. The lowest BCUT2D eigenvalue weighted by atomic mass is 9.92. The molecule has 0 spiro atoms. The smallest absolute Gasteiger partial charge is 0.382 e. The molecule has 1 aliphatic heterocycles. The van der Waals surface area contributed by atoms with Crippen LogP contribution in [-0.4, -0.2) is 60.7 Å². The van der Waals surface area contributed by atoms with E-state index < -0.39 is 22.4 Å². The number of hydrogen-bond acceptors (Lipinski definition) is 6. The Morgan fingerprint density at radius 2 is 1.64 bits per heavy atom. The highest BCUT2D eigenvalue weighted by Gasteiger charge is 2.38. The Hall–Kier alpha value is -3.34. The second kappa shape index (κ2) is 11.8. The molecule has 4 rings (SSSR count). The maximum atomic E-state index is 13.3. The van der Waals surface area contributed by atoms with Gasteiger partial charge in [-0.05, 0) is 69.7 Å². The van der Waals surface area contributed by atoms with Crippen LogP contribution >= 0.6 is 0 Å². The molecule has 2 fully saturated rings. The number of benzene rings is 2. The minimum absolute atomic E-state index is 0.0165. The van der Waals surface area contributed by atoms with E-state index in [1.807, 2.05) is 4.90 Å². The summed E-state index contributed by atoms with van der Waals surface area (Å²) in [5.41, 5.74) is 2.95. The zero-order valence-electron chi connectivity index (χ0n) is 22.5. The Labute approximate surface area is 226 Å². The number of hydrogen-bond donors (Lipinski definition) is 1. The van der Waals surface area contributed by atoms with Crippen molar-refractivity contribution in [2.45, 2.75) is 64.8 Å². The van der Waals surface area contributed by atoms with Crippen molar-refractivity contribution in [3.63, 3.8) is 0 Å². The van der Waals surface area contributed by atoms with Gasteiger partial charge in [0.05, 0.1) is 11.0 Å². The molecular weight excluding hydrogens is 513 g/mol. The summed E-state index contributed by atoms with van der Waals surface area (Å²) in [4.78, 5) is 26.9. The van der Waals surface area contributed by atoms with Gasteiger partial charge in [0.15, 0.2) is 0 Å². The molecule has 39 heavy (non-hydrogen) atoms. The quantitative estimate of drug-likeness (QED) is 0.357. The summed E-state index contributed by atoms with van der Waals surface area (Å²) < 4.78 is 45.7. The summed E-state index contributed by atoms with van der Waals surface area (Å²) in [7, 11) is 0. The van der Waals surface area contributed by atoms with E-state index in [1.54, 1.807) is 0 Å². The van der Waals surface area contributed by atoms with Gasteiger partial charge in [-0.3, -0.25) is 14.9 Å². The summed E-state index contributed by atoms with van der Waals surface area (Å²) in [5.74, 6) is -0.0298. The summed E-state index contributed by atoms with van der Waals surface area (Å²) in [6.45, 7) is 9.17. The van der Waals surface area contributed by atoms with Crippen molar-refractivity contribution in [3.8, 4) is 0 Å². The molecule has 0 radical (unpaired) electrons. The Morgan fingerprint density at radius 3 is 2.21 bits per heavy atom. The number of ether oxygens (including phenoxy) is 1. The maximum absolute atomic E-state index is 13.3. The van der Waals surface area contributed by atoms with Crippen molar-refractivity contribution in [2.24, 2.45) is 0 Å². The fraction of sp³-hybridized carbons (Fsp3) is 0.536. The number of carbonyl (C=O) groups is 1. The first-order valence-corrected chi connectivity index (χ1v) is 13.3. The largest absolute Gasteiger partial charge is 0.423 e. The number of nitrogens with zero attached hydrogens (tertiary/aromatic N) is 3. The maximum Gasteiger partial charge on any atom is 0.423 e. The van der Waals surface area contributed by atoms with Crippen LogP contribution in [0.3, 0.4) is 0 Å². The standard InChI is InChI=1S/C28H35F3N4O4/c1-18-14-19(2)27(20(3)15-18)34-12-10-33(11-13-34)26(36)17-39-23-7-4-21(5-8-23)32-22-6-9-25(35(37)38)24(16-22)28(29,30)31/h6,9,14-16,21,23,32H,4-5,7-8,10-13,17H2,1-3H3/t21-,23-. The van der Waals surface area contributed by atoms with Gasteiger partial charge in [0.2, 0.25) is 5.91 Å². The lowest BCUT2D eigenvalue weighted by Crippen LogP contribution is -2.50. The number of aryl methyl sites for hydroxylation is 3. The van der Waals surface area contributed by atoms with Crippen molar-refractivity contribution in [3.05, 3.63) is 62.7 Å². The third-order valence-electron chi connectivity index (χ3n) is 7.57. The van der Waals surface area contributed by atoms with E-state index in [0.29, 0.717) is 38.8 Å². The second-order valence-electron chi connectivity index (χ2n) is 10.5. The lowest BCUT2D eigenvalue weighted by molar-refractivity contribution is -0.388. The summed E-state index contributed by atoms with van der Waals surface area (Å²) in [5, 5.41) is 14.0. The molecule has 1 saturated carbocycles. The van der Waals surface area contributed by atoms with E-state index >= 15 is 0 Å². The summed E-state index contributed by atoms with van der Waals surface area (Å²) in [6, 6.07) is 7.27. The normalized spacial score (nSPS) is 20.2. The number of halogens is 3. The molecule has 1 amide bonds. The number of alkyl halides is 3. The number of anilines is 2. The molecule has 0 bridgehead atoms. The van der Waals surface area contributed by atoms with Gasteiger partial charge in [-0.1, -0.05) is 17.7 Å². The molecular formula is C28H35F3N4O4. The Bertz CT molecular complexity index is 1180. The molecule has 2 aliphatic rings. The van der Waals surface area contributed by atoms with E-state index in [0.717, 1.165) is 25.2 Å². The van der Waals surface area contributed by atoms with Crippen molar-refractivity contribution in [1.29, 1.82) is 0 Å². The van der Waals surface area contributed by atoms with Crippen LogP contribution in [0.1, 0.15) is 47.9 Å². The average molecular weight is 549 g/mol. The molecule has 2 aromatic carbocycles. The van der Waals surface area contributed by atoms with Crippen molar-refractivity contribution >= 4 is 23.0 Å². The van der Waals surface area contributed by atoms with Gasteiger partial charge >= 0.3 is 6.18 Å². The fourth-order valence-electron chi connectivity index (χ4n) is 5.75. The molecule has 1 heterocycles. The van der Waals surface area contributed by atoms with Crippen LogP contribution < -0.4 is 10.2 Å². The van der Waals surface area contributed by atoms with Crippen molar-refractivity contribution in [1.82, 2.24) is 4.90 Å². The third-order valence-corrected chi connectivity index (χ3v) is 7.57. The van der Waals surface area contributed by atoms with Crippen LogP contribution in [0, 0.1) is 30.9 Å². The van der Waals surface area contributed by atoms with Gasteiger partial charge in [0.25, 0.3) is 5.69 Å². The molecule has 0 unspecified atom stereocenters. The minimum atomic E-state index is -4.82. The minimum Gasteiger partial charge on any atom is -0.382 e. The zero-order chi connectivity index (χ0) is 28.3. The van der Waals surface area contributed by atoms with E-state index in [9.17, 15) is 28.1 Å². The molecule has 8 nitrogen and oxygen atoms in total. The van der Waals surface area contributed by atoms with Crippen LogP contribution in [-0.2, 0) is 15.7 Å². The van der Waals surface area contributed by atoms with Crippen LogP contribution in [0.5, 0.6) is 0 Å². The predicted molar refractivity (Wildman–Crippen MR) is 143 cm³/mol. The molecule has 2 aromatic rings. The Morgan fingerprint density at radius 1 is 1.03 bits per heavy atom. The van der Waals surface area contributed by atoms with Gasteiger partial charge in [0.1, 0.15) is 12.2 Å². The number of amides is 1. The van der Waals surface area contributed by atoms with Crippen LogP contribution in [0.4, 0.5) is 30.2 Å². The van der Waals surface area contributed by atoms with E-state index in [1.165, 1.54) is 28.4 Å². The van der Waals surface area contributed by atoms with Crippen LogP contribution in [0.15, 0.2) is 30.3 Å². The fourth-order valence-corrected chi connectivity index (χ4v) is 5.75. The number of carbonyl (C=O) groups excluding carboxylic acids is 1.